The number of hydrogen-bond acceptors (Lipinski definition) is 3. The summed E-state index contributed by atoms with van der Waals surface area (Å²) in [6.45, 7) is 3.55. The van der Waals surface area contributed by atoms with Gasteiger partial charge in [0.15, 0.2) is 5.78 Å². The fraction of sp³-hybridized carbons (Fsp3) is 0.278. The van der Waals surface area contributed by atoms with Gasteiger partial charge in [-0.25, -0.2) is 8.42 Å². The number of nitrogens with one attached hydrogen (secondary N) is 1. The van der Waals surface area contributed by atoms with E-state index in [1.807, 2.05) is 12.1 Å². The van der Waals surface area contributed by atoms with E-state index >= 15 is 0 Å². The van der Waals surface area contributed by atoms with Gasteiger partial charge in [0, 0.05) is 11.3 Å². The number of unbranched alkanes of at least 4 members (excludes halogenated alkanes) is 1. The third-order valence-electron chi connectivity index (χ3n) is 3.58. The van der Waals surface area contributed by atoms with E-state index in [2.05, 4.69) is 11.6 Å². The number of anilines is 1. The van der Waals surface area contributed by atoms with Gasteiger partial charge < -0.3 is 0 Å². The largest absolute Gasteiger partial charge is 0.295 e. The Balaban J connectivity index is 2.17. The highest BCUT2D eigenvalue weighted by Crippen LogP contribution is 2.18. The summed E-state index contributed by atoms with van der Waals surface area (Å²) in [5.41, 5.74) is 2.08. The molecule has 0 saturated heterocycles. The molecule has 0 spiro atoms. The Morgan fingerprint density at radius 1 is 1.09 bits per heavy atom. The molecule has 2 aromatic carbocycles. The van der Waals surface area contributed by atoms with E-state index in [1.165, 1.54) is 24.6 Å². The molecule has 0 atom stereocenters. The molecule has 2 aromatic rings. The van der Waals surface area contributed by atoms with E-state index in [9.17, 15) is 13.2 Å². The first-order chi connectivity index (χ1) is 10.9. The molecule has 0 bridgehead atoms. The quantitative estimate of drug-likeness (QED) is 0.779. The van der Waals surface area contributed by atoms with Crippen LogP contribution in [0.2, 0.25) is 0 Å². The van der Waals surface area contributed by atoms with E-state index in [0.29, 0.717) is 11.3 Å². The third-order valence-corrected chi connectivity index (χ3v) is 4.95. The maximum absolute atomic E-state index is 12.4. The van der Waals surface area contributed by atoms with Crippen molar-refractivity contribution in [3.05, 3.63) is 59.7 Å². The molecular formula is C18H21NO3S. The average molecular weight is 331 g/mol. The Kier molecular flexibility index (Phi) is 5.55. The summed E-state index contributed by atoms with van der Waals surface area (Å²) in [7, 11) is -3.70. The number of carbonyl (C=O) groups is 1. The number of benzene rings is 2. The number of rotatable bonds is 7. The van der Waals surface area contributed by atoms with Gasteiger partial charge in [-0.3, -0.25) is 9.52 Å². The van der Waals surface area contributed by atoms with Crippen LogP contribution >= 0.6 is 0 Å². The molecule has 23 heavy (non-hydrogen) atoms. The maximum atomic E-state index is 12.4. The molecule has 122 valence electrons. The van der Waals surface area contributed by atoms with Crippen molar-refractivity contribution in [2.24, 2.45) is 0 Å². The van der Waals surface area contributed by atoms with E-state index in [4.69, 9.17) is 0 Å². The van der Waals surface area contributed by atoms with E-state index in [0.717, 1.165) is 19.3 Å². The Bertz CT molecular complexity index is 780. The minimum Gasteiger partial charge on any atom is -0.295 e. The second kappa shape index (κ2) is 7.42. The third kappa shape index (κ3) is 4.66. The fourth-order valence-electron chi connectivity index (χ4n) is 2.22. The van der Waals surface area contributed by atoms with Gasteiger partial charge in [0.05, 0.1) is 4.90 Å². The number of carbonyl (C=O) groups excluding carboxylic acids is 1. The summed E-state index contributed by atoms with van der Waals surface area (Å²) in [6.07, 6.45) is 3.23. The van der Waals surface area contributed by atoms with Crippen molar-refractivity contribution in [2.75, 3.05) is 4.72 Å². The van der Waals surface area contributed by atoms with Crippen LogP contribution in [0.25, 0.3) is 0 Å². The standard InChI is InChI=1S/C18H21NO3S/c1-3-4-6-15-9-11-17(12-10-15)19-23(21,22)18-8-5-7-16(13-18)14(2)20/h5,7-13,19H,3-4,6H2,1-2H3. The molecule has 0 aliphatic rings. The van der Waals surface area contributed by atoms with Crippen LogP contribution in [-0.4, -0.2) is 14.2 Å². The molecule has 0 aromatic heterocycles. The van der Waals surface area contributed by atoms with Crippen LogP contribution in [0.4, 0.5) is 5.69 Å². The van der Waals surface area contributed by atoms with Crippen LogP contribution in [0, 0.1) is 0 Å². The summed E-state index contributed by atoms with van der Waals surface area (Å²) < 4.78 is 27.4. The van der Waals surface area contributed by atoms with Crippen molar-refractivity contribution in [1.82, 2.24) is 0 Å². The Morgan fingerprint density at radius 3 is 2.39 bits per heavy atom. The number of ketones is 1. The van der Waals surface area contributed by atoms with Gasteiger partial charge in [-0.1, -0.05) is 37.6 Å². The highest BCUT2D eigenvalue weighted by molar-refractivity contribution is 7.92. The summed E-state index contributed by atoms with van der Waals surface area (Å²) in [5, 5.41) is 0. The van der Waals surface area contributed by atoms with Gasteiger partial charge in [0.25, 0.3) is 10.0 Å². The van der Waals surface area contributed by atoms with Gasteiger partial charge in [0.2, 0.25) is 0 Å². The second-order valence-electron chi connectivity index (χ2n) is 5.49. The molecule has 0 unspecified atom stereocenters. The number of aryl methyl sites for hydroxylation is 1. The van der Waals surface area contributed by atoms with Gasteiger partial charge in [0.1, 0.15) is 0 Å². The molecule has 0 heterocycles. The first-order valence-electron chi connectivity index (χ1n) is 7.65. The van der Waals surface area contributed by atoms with E-state index in [-0.39, 0.29) is 10.7 Å². The first kappa shape index (κ1) is 17.2. The summed E-state index contributed by atoms with van der Waals surface area (Å²) in [4.78, 5) is 11.5. The number of sulfonamides is 1. The number of Topliss-reactive ketones (excluding diaryl/α,β-unsaturated/α-hetero) is 1. The normalized spacial score (nSPS) is 11.2. The van der Waals surface area contributed by atoms with Crippen LogP contribution in [-0.2, 0) is 16.4 Å². The van der Waals surface area contributed by atoms with Crippen LogP contribution in [0.15, 0.2) is 53.4 Å². The monoisotopic (exact) mass is 331 g/mol. The molecule has 0 saturated carbocycles. The van der Waals surface area contributed by atoms with Crippen molar-refractivity contribution in [2.45, 2.75) is 38.0 Å². The predicted octanol–water partition coefficient (Wildman–Crippen LogP) is 4.03. The highest BCUT2D eigenvalue weighted by Gasteiger charge is 2.15. The Labute approximate surface area is 137 Å². The maximum Gasteiger partial charge on any atom is 0.261 e. The zero-order chi connectivity index (χ0) is 16.9. The van der Waals surface area contributed by atoms with Crippen LogP contribution in [0.3, 0.4) is 0 Å². The van der Waals surface area contributed by atoms with E-state index in [1.54, 1.807) is 24.3 Å². The average Bonchev–Trinajstić information content (AvgIpc) is 2.54. The van der Waals surface area contributed by atoms with Crippen LogP contribution < -0.4 is 4.72 Å². The molecular weight excluding hydrogens is 310 g/mol. The Morgan fingerprint density at radius 2 is 1.78 bits per heavy atom. The second-order valence-corrected chi connectivity index (χ2v) is 7.17. The van der Waals surface area contributed by atoms with Crippen LogP contribution in [0.5, 0.6) is 0 Å². The topological polar surface area (TPSA) is 63.2 Å². The predicted molar refractivity (Wildman–Crippen MR) is 92.3 cm³/mol. The van der Waals surface area contributed by atoms with Gasteiger partial charge >= 0.3 is 0 Å². The highest BCUT2D eigenvalue weighted by atomic mass is 32.2. The fourth-order valence-corrected chi connectivity index (χ4v) is 3.32. The van der Waals surface area contributed by atoms with Crippen molar-refractivity contribution < 1.29 is 13.2 Å². The summed E-state index contributed by atoms with van der Waals surface area (Å²) >= 11 is 0. The molecule has 0 aliphatic carbocycles. The minimum absolute atomic E-state index is 0.0836. The zero-order valence-electron chi connectivity index (χ0n) is 13.4. The minimum atomic E-state index is -3.70. The van der Waals surface area contributed by atoms with Crippen molar-refractivity contribution >= 4 is 21.5 Å². The lowest BCUT2D eigenvalue weighted by atomic mass is 10.1. The van der Waals surface area contributed by atoms with Crippen molar-refractivity contribution in [3.8, 4) is 0 Å². The zero-order valence-corrected chi connectivity index (χ0v) is 14.2. The SMILES string of the molecule is CCCCc1ccc(NS(=O)(=O)c2cccc(C(C)=O)c2)cc1. The lowest BCUT2D eigenvalue weighted by molar-refractivity contribution is 0.101. The molecule has 0 aliphatic heterocycles. The molecule has 4 nitrogen and oxygen atoms in total. The molecule has 0 radical (unpaired) electrons. The van der Waals surface area contributed by atoms with Crippen molar-refractivity contribution in [3.63, 3.8) is 0 Å². The lowest BCUT2D eigenvalue weighted by Gasteiger charge is -2.09. The summed E-state index contributed by atoms with van der Waals surface area (Å²) in [5.74, 6) is -0.165. The van der Waals surface area contributed by atoms with Crippen LogP contribution in [0.1, 0.15) is 42.6 Å². The summed E-state index contributed by atoms with van der Waals surface area (Å²) in [6, 6.07) is 13.4. The molecule has 5 heteroatoms. The smallest absolute Gasteiger partial charge is 0.261 e. The van der Waals surface area contributed by atoms with E-state index < -0.39 is 10.0 Å². The van der Waals surface area contributed by atoms with Gasteiger partial charge in [-0.05, 0) is 49.6 Å². The lowest BCUT2D eigenvalue weighted by Crippen LogP contribution is -2.13. The van der Waals surface area contributed by atoms with Gasteiger partial charge in [-0.2, -0.15) is 0 Å². The number of hydrogen-bond donors (Lipinski definition) is 1. The first-order valence-corrected chi connectivity index (χ1v) is 9.13. The molecule has 1 N–H and O–H groups in total. The molecule has 0 fully saturated rings. The van der Waals surface area contributed by atoms with Crippen molar-refractivity contribution in [1.29, 1.82) is 0 Å². The molecule has 0 amide bonds. The van der Waals surface area contributed by atoms with Gasteiger partial charge in [-0.15, -0.1) is 0 Å². The molecule has 2 rings (SSSR count). The Hall–Kier alpha value is -2.14.